The first-order valence-electron chi connectivity index (χ1n) is 7.11. The Bertz CT molecular complexity index is 354. The monoisotopic (exact) mass is 252 g/mol. The van der Waals surface area contributed by atoms with Crippen molar-refractivity contribution < 1.29 is 9.59 Å². The van der Waals surface area contributed by atoms with Gasteiger partial charge in [0.25, 0.3) is 0 Å². The van der Waals surface area contributed by atoms with E-state index >= 15 is 0 Å². The molecule has 102 valence electrons. The van der Waals surface area contributed by atoms with E-state index in [0.717, 1.165) is 19.4 Å². The van der Waals surface area contributed by atoms with Gasteiger partial charge >= 0.3 is 0 Å². The third-order valence-corrected chi connectivity index (χ3v) is 4.49. The molecule has 0 spiro atoms. The van der Waals surface area contributed by atoms with Crippen molar-refractivity contribution in [2.24, 2.45) is 5.92 Å². The minimum absolute atomic E-state index is 0.133. The van der Waals surface area contributed by atoms with E-state index in [-0.39, 0.29) is 29.9 Å². The Hall–Kier alpha value is -1.06. The molecule has 2 rings (SSSR count). The number of hydrogen-bond donors (Lipinski definition) is 0. The summed E-state index contributed by atoms with van der Waals surface area (Å²) in [5.74, 6) is 0.705. The molecule has 2 fully saturated rings. The summed E-state index contributed by atoms with van der Waals surface area (Å²) in [6.07, 6.45) is 2.51. The highest BCUT2D eigenvalue weighted by atomic mass is 16.2. The third kappa shape index (κ3) is 1.91. The quantitative estimate of drug-likeness (QED) is 0.766. The number of hydrogen-bond acceptors (Lipinski definition) is 2. The largest absolute Gasteiger partial charge is 0.329 e. The van der Waals surface area contributed by atoms with Gasteiger partial charge in [-0.15, -0.1) is 0 Å². The van der Waals surface area contributed by atoms with Gasteiger partial charge in [0.2, 0.25) is 11.8 Å². The minimum atomic E-state index is -0.246. The van der Waals surface area contributed by atoms with Gasteiger partial charge in [-0.25, -0.2) is 0 Å². The van der Waals surface area contributed by atoms with Crippen molar-refractivity contribution in [3.8, 4) is 0 Å². The van der Waals surface area contributed by atoms with Crippen LogP contribution in [0.15, 0.2) is 0 Å². The van der Waals surface area contributed by atoms with E-state index in [1.165, 1.54) is 0 Å². The molecule has 0 aromatic heterocycles. The number of amides is 2. The van der Waals surface area contributed by atoms with Gasteiger partial charge in [-0.3, -0.25) is 9.59 Å². The van der Waals surface area contributed by atoms with Crippen LogP contribution < -0.4 is 0 Å². The third-order valence-electron chi connectivity index (χ3n) is 4.49. The summed E-state index contributed by atoms with van der Waals surface area (Å²) in [6.45, 7) is 9.03. The lowest BCUT2D eigenvalue weighted by Crippen LogP contribution is -2.65. The second-order valence-corrected chi connectivity index (χ2v) is 5.84. The number of carbonyl (C=O) groups is 2. The van der Waals surface area contributed by atoms with E-state index in [9.17, 15) is 9.59 Å². The van der Waals surface area contributed by atoms with E-state index in [1.807, 2.05) is 11.8 Å². The maximum Gasteiger partial charge on any atom is 0.246 e. The number of carbonyl (C=O) groups excluding carboxylic acids is 2. The van der Waals surface area contributed by atoms with E-state index in [1.54, 1.807) is 4.90 Å². The Labute approximate surface area is 109 Å². The molecule has 3 atom stereocenters. The number of piperazine rings is 1. The average molecular weight is 252 g/mol. The van der Waals surface area contributed by atoms with Crippen molar-refractivity contribution in [1.29, 1.82) is 0 Å². The fourth-order valence-corrected chi connectivity index (χ4v) is 3.10. The lowest BCUT2D eigenvalue weighted by atomic mass is 9.96. The molecule has 2 aliphatic heterocycles. The standard InChI is InChI=1S/C14H24N2O2/c1-5-11-13(17)15-8-6-7-12(15)14(18)16(11)10(4)9(2)3/h9-12H,5-8H2,1-4H3. The van der Waals surface area contributed by atoms with Crippen molar-refractivity contribution in [2.75, 3.05) is 6.54 Å². The summed E-state index contributed by atoms with van der Waals surface area (Å²) in [5.41, 5.74) is 0. The van der Waals surface area contributed by atoms with E-state index in [0.29, 0.717) is 12.3 Å². The number of fused-ring (bicyclic) bond motifs is 1. The van der Waals surface area contributed by atoms with Gasteiger partial charge in [0.15, 0.2) is 0 Å². The zero-order chi connectivity index (χ0) is 13.4. The highest BCUT2D eigenvalue weighted by Crippen LogP contribution is 2.30. The lowest BCUT2D eigenvalue weighted by molar-refractivity contribution is -0.163. The molecule has 2 saturated heterocycles. The Kier molecular flexibility index (Phi) is 3.64. The lowest BCUT2D eigenvalue weighted by Gasteiger charge is -2.46. The number of rotatable bonds is 3. The molecule has 4 nitrogen and oxygen atoms in total. The van der Waals surface area contributed by atoms with E-state index in [2.05, 4.69) is 20.8 Å². The van der Waals surface area contributed by atoms with Crippen LogP contribution in [0.1, 0.15) is 47.0 Å². The molecule has 2 amide bonds. The fraction of sp³-hybridized carbons (Fsp3) is 0.857. The summed E-state index contributed by atoms with van der Waals surface area (Å²) in [4.78, 5) is 28.7. The highest BCUT2D eigenvalue weighted by molar-refractivity contribution is 5.97. The van der Waals surface area contributed by atoms with Crippen LogP contribution in [0.4, 0.5) is 0 Å². The van der Waals surface area contributed by atoms with Crippen LogP contribution in [-0.2, 0) is 9.59 Å². The molecule has 4 heteroatoms. The van der Waals surface area contributed by atoms with E-state index < -0.39 is 0 Å². The van der Waals surface area contributed by atoms with Crippen LogP contribution in [0.2, 0.25) is 0 Å². The molecule has 0 radical (unpaired) electrons. The van der Waals surface area contributed by atoms with Crippen LogP contribution in [-0.4, -0.2) is 46.3 Å². The molecular weight excluding hydrogens is 228 g/mol. The first-order valence-corrected chi connectivity index (χ1v) is 7.11. The van der Waals surface area contributed by atoms with Crippen molar-refractivity contribution in [3.63, 3.8) is 0 Å². The molecule has 0 aliphatic carbocycles. The van der Waals surface area contributed by atoms with E-state index in [4.69, 9.17) is 0 Å². The average Bonchev–Trinajstić information content (AvgIpc) is 2.81. The molecular formula is C14H24N2O2. The maximum absolute atomic E-state index is 12.6. The van der Waals surface area contributed by atoms with Crippen molar-refractivity contribution in [3.05, 3.63) is 0 Å². The first kappa shape index (κ1) is 13.4. The molecule has 0 aromatic carbocycles. The smallest absolute Gasteiger partial charge is 0.246 e. The number of nitrogens with zero attached hydrogens (tertiary/aromatic N) is 2. The van der Waals surface area contributed by atoms with Crippen molar-refractivity contribution >= 4 is 11.8 Å². The van der Waals surface area contributed by atoms with Crippen molar-refractivity contribution in [2.45, 2.75) is 65.1 Å². The van der Waals surface area contributed by atoms with Gasteiger partial charge in [0.05, 0.1) is 0 Å². The second-order valence-electron chi connectivity index (χ2n) is 5.84. The molecule has 2 heterocycles. The van der Waals surface area contributed by atoms with Gasteiger partial charge in [-0.2, -0.15) is 0 Å². The highest BCUT2D eigenvalue weighted by Gasteiger charge is 2.48. The summed E-state index contributed by atoms with van der Waals surface area (Å²) in [5, 5.41) is 0. The molecule has 0 bridgehead atoms. The Balaban J connectivity index is 2.31. The predicted molar refractivity (Wildman–Crippen MR) is 70.0 cm³/mol. The molecule has 18 heavy (non-hydrogen) atoms. The van der Waals surface area contributed by atoms with Gasteiger partial charge in [-0.05, 0) is 32.1 Å². The Morgan fingerprint density at radius 2 is 1.89 bits per heavy atom. The van der Waals surface area contributed by atoms with Crippen molar-refractivity contribution in [1.82, 2.24) is 9.80 Å². The van der Waals surface area contributed by atoms with Crippen LogP contribution in [0.3, 0.4) is 0 Å². The molecule has 0 saturated carbocycles. The van der Waals surface area contributed by atoms with Gasteiger partial charge in [0, 0.05) is 12.6 Å². The molecule has 2 aliphatic rings. The first-order chi connectivity index (χ1) is 8.49. The molecule has 3 unspecified atom stereocenters. The van der Waals surface area contributed by atoms with Crippen LogP contribution in [0.5, 0.6) is 0 Å². The Morgan fingerprint density at radius 1 is 1.22 bits per heavy atom. The fourth-order valence-electron chi connectivity index (χ4n) is 3.10. The van der Waals surface area contributed by atoms with Crippen LogP contribution in [0.25, 0.3) is 0 Å². The summed E-state index contributed by atoms with van der Waals surface area (Å²) in [7, 11) is 0. The summed E-state index contributed by atoms with van der Waals surface area (Å²) in [6, 6.07) is -0.292. The second kappa shape index (κ2) is 4.90. The SMILES string of the molecule is CCC1C(=O)N2CCCC2C(=O)N1C(C)C(C)C. The maximum atomic E-state index is 12.6. The van der Waals surface area contributed by atoms with Gasteiger partial charge in [0.1, 0.15) is 12.1 Å². The topological polar surface area (TPSA) is 40.6 Å². The zero-order valence-corrected chi connectivity index (χ0v) is 11.8. The summed E-state index contributed by atoms with van der Waals surface area (Å²) >= 11 is 0. The minimum Gasteiger partial charge on any atom is -0.329 e. The Morgan fingerprint density at radius 3 is 2.44 bits per heavy atom. The molecule has 0 N–H and O–H groups in total. The predicted octanol–water partition coefficient (Wildman–Crippen LogP) is 1.64. The van der Waals surface area contributed by atoms with Gasteiger partial charge in [-0.1, -0.05) is 20.8 Å². The zero-order valence-electron chi connectivity index (χ0n) is 11.8. The normalized spacial score (nSPS) is 30.1. The van der Waals surface area contributed by atoms with Crippen LogP contribution in [0, 0.1) is 5.92 Å². The van der Waals surface area contributed by atoms with Crippen LogP contribution >= 0.6 is 0 Å². The van der Waals surface area contributed by atoms with Gasteiger partial charge < -0.3 is 9.80 Å². The summed E-state index contributed by atoms with van der Waals surface area (Å²) < 4.78 is 0. The molecule has 0 aromatic rings.